The molecule has 0 aliphatic rings. The summed E-state index contributed by atoms with van der Waals surface area (Å²) < 4.78 is 5.43. The highest BCUT2D eigenvalue weighted by Crippen LogP contribution is 2.31. The normalized spacial score (nSPS) is 12.4. The van der Waals surface area contributed by atoms with Gasteiger partial charge in [0.2, 0.25) is 0 Å². The van der Waals surface area contributed by atoms with E-state index in [1.165, 1.54) is 10.8 Å². The van der Waals surface area contributed by atoms with Crippen LogP contribution in [0.2, 0.25) is 0 Å². The van der Waals surface area contributed by atoms with Crippen LogP contribution >= 0.6 is 0 Å². The number of aromatic nitrogens is 1. The van der Waals surface area contributed by atoms with Crippen LogP contribution in [0.4, 0.5) is 0 Å². The molecular weight excluding hydrogens is 210 g/mol. The molecule has 0 unspecified atom stereocenters. The third-order valence-corrected chi connectivity index (χ3v) is 3.05. The average molecular weight is 225 g/mol. The predicted octanol–water partition coefficient (Wildman–Crippen LogP) is 4.28. The molecule has 3 aromatic rings. The van der Waals surface area contributed by atoms with Gasteiger partial charge in [-0.05, 0) is 22.9 Å². The van der Waals surface area contributed by atoms with E-state index >= 15 is 0 Å². The highest BCUT2D eigenvalue weighted by molar-refractivity contribution is 5.96. The second-order valence-corrected chi connectivity index (χ2v) is 5.48. The van der Waals surface area contributed by atoms with Gasteiger partial charge in [-0.15, -0.1) is 0 Å². The summed E-state index contributed by atoms with van der Waals surface area (Å²) in [6.07, 6.45) is 0. The number of fused-ring (bicyclic) bond motifs is 2. The summed E-state index contributed by atoms with van der Waals surface area (Å²) >= 11 is 0. The monoisotopic (exact) mass is 225 g/mol. The van der Waals surface area contributed by atoms with Crippen molar-refractivity contribution in [3.8, 4) is 0 Å². The van der Waals surface area contributed by atoms with Crippen molar-refractivity contribution in [1.82, 2.24) is 5.16 Å². The Balaban J connectivity index is 2.39. The van der Waals surface area contributed by atoms with Gasteiger partial charge < -0.3 is 4.52 Å². The van der Waals surface area contributed by atoms with E-state index in [9.17, 15) is 0 Å². The van der Waals surface area contributed by atoms with E-state index in [1.807, 2.05) is 6.07 Å². The lowest BCUT2D eigenvalue weighted by Gasteiger charge is -2.14. The summed E-state index contributed by atoms with van der Waals surface area (Å²) in [6.45, 7) is 6.46. The first-order valence-corrected chi connectivity index (χ1v) is 5.84. The molecule has 17 heavy (non-hydrogen) atoms. The van der Waals surface area contributed by atoms with E-state index in [0.29, 0.717) is 0 Å². The molecule has 0 saturated heterocycles. The van der Waals surface area contributed by atoms with E-state index in [-0.39, 0.29) is 5.41 Å². The highest BCUT2D eigenvalue weighted by Gasteiger charge is 2.21. The zero-order chi connectivity index (χ0) is 12.0. The predicted molar refractivity (Wildman–Crippen MR) is 70.2 cm³/mol. The third kappa shape index (κ3) is 1.60. The lowest BCUT2D eigenvalue weighted by molar-refractivity contribution is 0.420. The first-order chi connectivity index (χ1) is 8.05. The third-order valence-electron chi connectivity index (χ3n) is 3.05. The molecule has 0 atom stereocenters. The van der Waals surface area contributed by atoms with Crippen LogP contribution in [0.3, 0.4) is 0 Å². The van der Waals surface area contributed by atoms with Crippen LogP contribution in [-0.2, 0) is 5.41 Å². The lowest BCUT2D eigenvalue weighted by Crippen LogP contribution is -2.11. The lowest BCUT2D eigenvalue weighted by atomic mass is 9.89. The second-order valence-electron chi connectivity index (χ2n) is 5.48. The number of hydrogen-bond donors (Lipinski definition) is 0. The molecule has 0 N–H and O–H groups in total. The Kier molecular flexibility index (Phi) is 2.02. The van der Waals surface area contributed by atoms with E-state index < -0.39 is 0 Å². The summed E-state index contributed by atoms with van der Waals surface area (Å²) in [7, 11) is 0. The van der Waals surface area contributed by atoms with Crippen LogP contribution in [0.25, 0.3) is 21.7 Å². The number of hydrogen-bond acceptors (Lipinski definition) is 2. The number of rotatable bonds is 0. The fourth-order valence-corrected chi connectivity index (χ4v) is 2.16. The number of benzene rings is 2. The molecule has 0 radical (unpaired) electrons. The molecule has 0 saturated carbocycles. The minimum Gasteiger partial charge on any atom is -0.356 e. The molecule has 1 aromatic heterocycles. The maximum atomic E-state index is 5.43. The van der Waals surface area contributed by atoms with Crippen molar-refractivity contribution < 1.29 is 4.52 Å². The van der Waals surface area contributed by atoms with Gasteiger partial charge in [-0.3, -0.25) is 0 Å². The van der Waals surface area contributed by atoms with Crippen LogP contribution in [0.5, 0.6) is 0 Å². The van der Waals surface area contributed by atoms with Crippen LogP contribution in [0.1, 0.15) is 26.5 Å². The Hall–Kier alpha value is -1.83. The van der Waals surface area contributed by atoms with Gasteiger partial charge in [-0.1, -0.05) is 50.2 Å². The first-order valence-electron chi connectivity index (χ1n) is 5.84. The van der Waals surface area contributed by atoms with E-state index in [2.05, 4.69) is 56.3 Å². The fraction of sp³-hybridized carbons (Fsp3) is 0.267. The molecule has 0 aliphatic carbocycles. The van der Waals surface area contributed by atoms with Gasteiger partial charge >= 0.3 is 0 Å². The van der Waals surface area contributed by atoms with Gasteiger partial charge in [0.15, 0.2) is 5.58 Å². The molecular formula is C15H15NO. The van der Waals surface area contributed by atoms with E-state index in [1.54, 1.807) is 0 Å². The molecule has 0 bridgehead atoms. The zero-order valence-electron chi connectivity index (χ0n) is 10.3. The quantitative estimate of drug-likeness (QED) is 0.570. The SMILES string of the molecule is CC(C)(C)c1noc2cc3ccccc3cc12. The van der Waals surface area contributed by atoms with Crippen molar-refractivity contribution >= 4 is 21.7 Å². The molecule has 0 aliphatic heterocycles. The number of nitrogens with zero attached hydrogens (tertiary/aromatic N) is 1. The molecule has 0 spiro atoms. The van der Waals surface area contributed by atoms with Gasteiger partial charge in [-0.2, -0.15) is 0 Å². The van der Waals surface area contributed by atoms with Crippen LogP contribution in [-0.4, -0.2) is 5.16 Å². The van der Waals surface area contributed by atoms with Gasteiger partial charge in [-0.25, -0.2) is 0 Å². The second kappa shape index (κ2) is 3.33. The highest BCUT2D eigenvalue weighted by atomic mass is 16.5. The van der Waals surface area contributed by atoms with Crippen molar-refractivity contribution in [3.63, 3.8) is 0 Å². The molecule has 1 heterocycles. The van der Waals surface area contributed by atoms with Crippen LogP contribution in [0.15, 0.2) is 40.9 Å². The van der Waals surface area contributed by atoms with Gasteiger partial charge in [0.25, 0.3) is 0 Å². The smallest absolute Gasteiger partial charge is 0.167 e. The van der Waals surface area contributed by atoms with Crippen molar-refractivity contribution in [1.29, 1.82) is 0 Å². The van der Waals surface area contributed by atoms with Crippen LogP contribution in [0, 0.1) is 0 Å². The van der Waals surface area contributed by atoms with E-state index in [4.69, 9.17) is 4.52 Å². The minimum atomic E-state index is 0.00765. The summed E-state index contributed by atoms with van der Waals surface area (Å²) in [5, 5.41) is 7.76. The Morgan fingerprint density at radius 2 is 1.65 bits per heavy atom. The molecule has 3 rings (SSSR count). The molecule has 0 fully saturated rings. The maximum Gasteiger partial charge on any atom is 0.167 e. The molecule has 2 nitrogen and oxygen atoms in total. The molecule has 0 amide bonds. The van der Waals surface area contributed by atoms with Crippen molar-refractivity contribution in [2.24, 2.45) is 0 Å². The van der Waals surface area contributed by atoms with Crippen molar-refractivity contribution in [2.75, 3.05) is 0 Å². The van der Waals surface area contributed by atoms with Gasteiger partial charge in [0, 0.05) is 10.8 Å². The molecule has 86 valence electrons. The largest absolute Gasteiger partial charge is 0.356 e. The topological polar surface area (TPSA) is 26.0 Å². The molecule has 2 aromatic carbocycles. The molecule has 2 heteroatoms. The standard InChI is InChI=1S/C15H15NO/c1-15(2,3)14-12-8-10-6-4-5-7-11(10)9-13(12)17-16-14/h4-9H,1-3H3. The van der Waals surface area contributed by atoms with E-state index in [0.717, 1.165) is 16.7 Å². The Labute approximate surface area is 100 Å². The summed E-state index contributed by atoms with van der Waals surface area (Å²) in [6, 6.07) is 12.5. The van der Waals surface area contributed by atoms with Crippen molar-refractivity contribution in [3.05, 3.63) is 42.1 Å². The van der Waals surface area contributed by atoms with Gasteiger partial charge in [0.1, 0.15) is 0 Å². The Bertz CT molecular complexity index is 689. The zero-order valence-corrected chi connectivity index (χ0v) is 10.3. The summed E-state index contributed by atoms with van der Waals surface area (Å²) in [5.41, 5.74) is 1.90. The summed E-state index contributed by atoms with van der Waals surface area (Å²) in [4.78, 5) is 0. The summed E-state index contributed by atoms with van der Waals surface area (Å²) in [5.74, 6) is 0. The minimum absolute atomic E-state index is 0.00765. The average Bonchev–Trinajstić information content (AvgIpc) is 2.68. The Morgan fingerprint density at radius 3 is 2.29 bits per heavy atom. The Morgan fingerprint density at radius 1 is 1.00 bits per heavy atom. The van der Waals surface area contributed by atoms with Gasteiger partial charge in [0.05, 0.1) is 5.69 Å². The first kappa shape index (κ1) is 10.3. The fourth-order valence-electron chi connectivity index (χ4n) is 2.16. The van der Waals surface area contributed by atoms with Crippen LogP contribution < -0.4 is 0 Å². The maximum absolute atomic E-state index is 5.43. The van der Waals surface area contributed by atoms with Crippen molar-refractivity contribution in [2.45, 2.75) is 26.2 Å².